The lowest BCUT2D eigenvalue weighted by atomic mass is 10.1. The first-order valence-corrected chi connectivity index (χ1v) is 7.76. The third-order valence-electron chi connectivity index (χ3n) is 3.16. The first-order valence-electron chi connectivity index (χ1n) is 6.15. The maximum atomic E-state index is 11.9. The fourth-order valence-corrected chi connectivity index (χ4v) is 3.70. The van der Waals surface area contributed by atoms with E-state index in [4.69, 9.17) is 0 Å². The minimum Gasteiger partial charge on any atom is -0.393 e. The highest BCUT2D eigenvalue weighted by Gasteiger charge is 2.30. The third kappa shape index (κ3) is 3.71. The molecule has 1 saturated heterocycles. The second-order valence-corrected chi connectivity index (χ2v) is 6.81. The average Bonchev–Trinajstić information content (AvgIpc) is 2.43. The summed E-state index contributed by atoms with van der Waals surface area (Å²) in [6, 6.07) is -0.00699. The van der Waals surface area contributed by atoms with E-state index in [1.165, 1.54) is 0 Å². The normalized spacial score (nSPS) is 26.3. The summed E-state index contributed by atoms with van der Waals surface area (Å²) in [5.74, 6) is 0.156. The molecule has 0 spiro atoms. The Morgan fingerprint density at radius 2 is 2.06 bits per heavy atom. The predicted octanol–water partition coefficient (Wildman–Crippen LogP) is 1.35. The van der Waals surface area contributed by atoms with Crippen molar-refractivity contribution >= 4 is 10.0 Å². The van der Waals surface area contributed by atoms with Gasteiger partial charge < -0.3 is 5.11 Å². The Morgan fingerprint density at radius 3 is 2.62 bits per heavy atom. The van der Waals surface area contributed by atoms with Crippen molar-refractivity contribution in [2.24, 2.45) is 0 Å². The topological polar surface area (TPSA) is 57.6 Å². The first kappa shape index (κ1) is 13.9. The van der Waals surface area contributed by atoms with Gasteiger partial charge in [-0.2, -0.15) is 4.31 Å². The van der Waals surface area contributed by atoms with Crippen LogP contribution in [0.15, 0.2) is 0 Å². The van der Waals surface area contributed by atoms with Crippen molar-refractivity contribution in [1.29, 1.82) is 0 Å². The van der Waals surface area contributed by atoms with Gasteiger partial charge in [0, 0.05) is 12.6 Å². The average molecular weight is 249 g/mol. The molecule has 1 fully saturated rings. The van der Waals surface area contributed by atoms with Crippen molar-refractivity contribution in [2.45, 2.75) is 58.1 Å². The number of rotatable bonds is 4. The Bertz CT molecular complexity index is 300. The van der Waals surface area contributed by atoms with Gasteiger partial charge in [-0.05, 0) is 33.1 Å². The minimum absolute atomic E-state index is 0.00699. The Morgan fingerprint density at radius 1 is 1.38 bits per heavy atom. The van der Waals surface area contributed by atoms with Crippen molar-refractivity contribution in [1.82, 2.24) is 4.31 Å². The highest BCUT2D eigenvalue weighted by Crippen LogP contribution is 2.23. The molecule has 1 aliphatic rings. The summed E-state index contributed by atoms with van der Waals surface area (Å²) in [6.07, 6.45) is 4.09. The van der Waals surface area contributed by atoms with E-state index in [0.29, 0.717) is 13.0 Å². The molecule has 0 bridgehead atoms. The van der Waals surface area contributed by atoms with Gasteiger partial charge in [-0.3, -0.25) is 0 Å². The molecule has 1 heterocycles. The second-order valence-electron chi connectivity index (χ2n) is 4.60. The molecule has 0 amide bonds. The van der Waals surface area contributed by atoms with Crippen molar-refractivity contribution < 1.29 is 13.5 Å². The summed E-state index contributed by atoms with van der Waals surface area (Å²) in [5, 5.41) is 9.43. The Hall–Kier alpha value is -0.130. The molecule has 0 saturated carbocycles. The summed E-state index contributed by atoms with van der Waals surface area (Å²) >= 11 is 0. The van der Waals surface area contributed by atoms with E-state index in [0.717, 1.165) is 25.7 Å². The maximum Gasteiger partial charge on any atom is 0.214 e. The van der Waals surface area contributed by atoms with Gasteiger partial charge in [0.2, 0.25) is 10.0 Å². The SMILES string of the molecule is CCS(=O)(=O)N1CCCCCC1CC(C)O. The zero-order chi connectivity index (χ0) is 12.2. The molecule has 16 heavy (non-hydrogen) atoms. The minimum atomic E-state index is -3.12. The molecule has 1 rings (SSSR count). The first-order chi connectivity index (χ1) is 7.47. The fourth-order valence-electron chi connectivity index (χ4n) is 2.31. The zero-order valence-electron chi connectivity index (χ0n) is 10.2. The highest BCUT2D eigenvalue weighted by atomic mass is 32.2. The van der Waals surface area contributed by atoms with Crippen LogP contribution in [0.4, 0.5) is 0 Å². The number of sulfonamides is 1. The smallest absolute Gasteiger partial charge is 0.214 e. The summed E-state index contributed by atoms with van der Waals surface area (Å²) in [4.78, 5) is 0. The Kier molecular flexibility index (Phi) is 5.21. The largest absolute Gasteiger partial charge is 0.393 e. The molecule has 0 aliphatic carbocycles. The van der Waals surface area contributed by atoms with Crippen LogP contribution in [0, 0.1) is 0 Å². The van der Waals surface area contributed by atoms with E-state index < -0.39 is 16.1 Å². The van der Waals surface area contributed by atoms with Gasteiger partial charge in [-0.25, -0.2) is 8.42 Å². The lowest BCUT2D eigenvalue weighted by Crippen LogP contribution is -2.42. The van der Waals surface area contributed by atoms with Crippen LogP contribution in [0.2, 0.25) is 0 Å². The molecule has 1 N–H and O–H groups in total. The summed E-state index contributed by atoms with van der Waals surface area (Å²) in [5.41, 5.74) is 0. The molecule has 1 aliphatic heterocycles. The van der Waals surface area contributed by atoms with Crippen LogP contribution >= 0.6 is 0 Å². The van der Waals surface area contributed by atoms with Gasteiger partial charge >= 0.3 is 0 Å². The molecule has 4 nitrogen and oxygen atoms in total. The van der Waals surface area contributed by atoms with Gasteiger partial charge in [-0.1, -0.05) is 12.8 Å². The maximum absolute atomic E-state index is 11.9. The van der Waals surface area contributed by atoms with E-state index in [-0.39, 0.29) is 11.8 Å². The van der Waals surface area contributed by atoms with Gasteiger partial charge in [0.25, 0.3) is 0 Å². The van der Waals surface area contributed by atoms with Gasteiger partial charge in [0.15, 0.2) is 0 Å². The van der Waals surface area contributed by atoms with Crippen LogP contribution in [-0.2, 0) is 10.0 Å². The number of nitrogens with zero attached hydrogens (tertiary/aromatic N) is 1. The fraction of sp³-hybridized carbons (Fsp3) is 1.00. The van der Waals surface area contributed by atoms with E-state index in [1.54, 1.807) is 18.2 Å². The van der Waals surface area contributed by atoms with E-state index >= 15 is 0 Å². The third-order valence-corrected chi connectivity index (χ3v) is 5.08. The van der Waals surface area contributed by atoms with Crippen molar-refractivity contribution in [3.05, 3.63) is 0 Å². The lowest BCUT2D eigenvalue weighted by Gasteiger charge is -2.29. The molecular formula is C11H23NO3S. The summed E-state index contributed by atoms with van der Waals surface area (Å²) in [7, 11) is -3.12. The zero-order valence-corrected chi connectivity index (χ0v) is 11.0. The van der Waals surface area contributed by atoms with Crippen LogP contribution in [0.5, 0.6) is 0 Å². The van der Waals surface area contributed by atoms with Crippen LogP contribution in [0.25, 0.3) is 0 Å². The number of aliphatic hydroxyl groups excluding tert-OH is 1. The molecule has 5 heteroatoms. The van der Waals surface area contributed by atoms with E-state index in [1.807, 2.05) is 0 Å². The molecule has 0 aromatic rings. The predicted molar refractivity (Wildman–Crippen MR) is 64.7 cm³/mol. The van der Waals surface area contributed by atoms with Crippen LogP contribution < -0.4 is 0 Å². The summed E-state index contributed by atoms with van der Waals surface area (Å²) < 4.78 is 25.5. The highest BCUT2D eigenvalue weighted by molar-refractivity contribution is 7.89. The number of hydrogen-bond donors (Lipinski definition) is 1. The number of aliphatic hydroxyl groups is 1. The van der Waals surface area contributed by atoms with E-state index in [2.05, 4.69) is 0 Å². The Labute approximate surface area is 98.7 Å². The van der Waals surface area contributed by atoms with Crippen LogP contribution in [0.3, 0.4) is 0 Å². The van der Waals surface area contributed by atoms with E-state index in [9.17, 15) is 13.5 Å². The Balaban J connectivity index is 2.81. The molecule has 2 atom stereocenters. The lowest BCUT2D eigenvalue weighted by molar-refractivity contribution is 0.147. The standard InChI is InChI=1S/C11H23NO3S/c1-3-16(14,15)12-8-6-4-5-7-11(12)9-10(2)13/h10-11,13H,3-9H2,1-2H3. The molecule has 0 aromatic heterocycles. The molecular weight excluding hydrogens is 226 g/mol. The van der Waals surface area contributed by atoms with Gasteiger partial charge in [0.1, 0.15) is 0 Å². The monoisotopic (exact) mass is 249 g/mol. The van der Waals surface area contributed by atoms with Crippen molar-refractivity contribution in [3.63, 3.8) is 0 Å². The van der Waals surface area contributed by atoms with Gasteiger partial charge in [-0.15, -0.1) is 0 Å². The molecule has 96 valence electrons. The molecule has 2 unspecified atom stereocenters. The van der Waals surface area contributed by atoms with Crippen molar-refractivity contribution in [3.8, 4) is 0 Å². The summed E-state index contributed by atoms with van der Waals surface area (Å²) in [6.45, 7) is 4.02. The quantitative estimate of drug-likeness (QED) is 0.818. The van der Waals surface area contributed by atoms with Crippen molar-refractivity contribution in [2.75, 3.05) is 12.3 Å². The van der Waals surface area contributed by atoms with Crippen LogP contribution in [0.1, 0.15) is 46.0 Å². The number of hydrogen-bond acceptors (Lipinski definition) is 3. The van der Waals surface area contributed by atoms with Gasteiger partial charge in [0.05, 0.1) is 11.9 Å². The van der Waals surface area contributed by atoms with Crippen LogP contribution in [-0.4, -0.2) is 42.3 Å². The molecule has 0 aromatic carbocycles. The molecule has 0 radical (unpaired) electrons. The second kappa shape index (κ2) is 5.98.